The molecule has 0 spiro atoms. The van der Waals surface area contributed by atoms with Crippen LogP contribution in [0, 0.1) is 26.2 Å². The lowest BCUT2D eigenvalue weighted by molar-refractivity contribution is -0.630. The molecule has 0 aliphatic rings. The molecule has 12 heteroatoms. The summed E-state index contributed by atoms with van der Waals surface area (Å²) in [6.45, 7) is 11.0. The van der Waals surface area contributed by atoms with Crippen molar-refractivity contribution in [2.45, 2.75) is 53.8 Å². The molecule has 0 atom stereocenters. The highest BCUT2D eigenvalue weighted by atomic mass is 35.5. The summed E-state index contributed by atoms with van der Waals surface area (Å²) in [6.07, 6.45) is 10.4. The van der Waals surface area contributed by atoms with E-state index < -0.39 is 11.9 Å². The Morgan fingerprint density at radius 2 is 1.50 bits per heavy atom. The van der Waals surface area contributed by atoms with Crippen molar-refractivity contribution in [3.63, 3.8) is 0 Å². The van der Waals surface area contributed by atoms with Gasteiger partial charge in [0.25, 0.3) is 5.82 Å². The van der Waals surface area contributed by atoms with Crippen LogP contribution in [0.25, 0.3) is 29.0 Å². The highest BCUT2D eigenvalue weighted by Crippen LogP contribution is 2.23. The third-order valence-corrected chi connectivity index (χ3v) is 5.85. The normalized spacial score (nSPS) is 10.4. The van der Waals surface area contributed by atoms with Crippen molar-refractivity contribution in [1.29, 1.82) is 0 Å². The van der Waals surface area contributed by atoms with Gasteiger partial charge in [-0.15, -0.1) is 11.1 Å². The Morgan fingerprint density at radius 1 is 0.929 bits per heavy atom. The van der Waals surface area contributed by atoms with E-state index in [1.807, 2.05) is 56.2 Å². The standard InChI is InChI=1S/C15H16ClN3O2.C9H8ClN3.C6H8O2/c1-10(2)21-14(20)6-7-19-9-17-15(18-19)12-5-4-11(3)13(16)8-12;1-6-2-3-7(4-8(6)10)9-11-5-12-13-9;1-4-6(7)8-5(2)3/h4-10H,1-3H3;2-5H,1H3,(H,11,12,13);1,5H,2-3H3/p+1/b7-6-;;. The van der Waals surface area contributed by atoms with Crippen LogP contribution in [0.2, 0.25) is 10.0 Å². The summed E-state index contributed by atoms with van der Waals surface area (Å²) in [7, 11) is 0. The zero-order chi connectivity index (χ0) is 31.2. The molecule has 0 bridgehead atoms. The molecule has 4 rings (SSSR count). The first-order chi connectivity index (χ1) is 19.9. The van der Waals surface area contributed by atoms with Gasteiger partial charge in [0.05, 0.1) is 18.3 Å². The molecule has 0 unspecified atom stereocenters. The summed E-state index contributed by atoms with van der Waals surface area (Å²) in [5, 5.41) is 11.0. The fraction of sp³-hybridized carbons (Fsp3) is 0.267. The molecule has 0 saturated carbocycles. The van der Waals surface area contributed by atoms with Crippen molar-refractivity contribution in [1.82, 2.24) is 25.3 Å². The van der Waals surface area contributed by atoms with Crippen LogP contribution >= 0.6 is 23.2 Å². The number of carbonyl (C=O) groups excluding carboxylic acids is 2. The quantitative estimate of drug-likeness (QED) is 0.0933. The molecule has 42 heavy (non-hydrogen) atoms. The SMILES string of the molecule is C#CC(=O)OC(C)C.Cc1ccc(-c2nc[n+](/C=C\C(=O)OC(C)C)[nH]2)cc1Cl.Cc1ccc(-c2ncn[nH]2)cc1Cl. The van der Waals surface area contributed by atoms with Gasteiger partial charge in [-0.2, -0.15) is 10.2 Å². The molecule has 0 radical (unpaired) electrons. The van der Waals surface area contributed by atoms with Crippen LogP contribution in [0.4, 0.5) is 0 Å². The van der Waals surface area contributed by atoms with Crippen molar-refractivity contribution in [3.8, 4) is 35.1 Å². The Labute approximate surface area is 255 Å². The van der Waals surface area contributed by atoms with E-state index in [2.05, 4.69) is 30.0 Å². The minimum Gasteiger partial charge on any atom is -0.460 e. The zero-order valence-electron chi connectivity index (χ0n) is 24.2. The van der Waals surface area contributed by atoms with E-state index in [4.69, 9.17) is 34.4 Å². The van der Waals surface area contributed by atoms with Gasteiger partial charge in [-0.3, -0.25) is 5.10 Å². The fourth-order valence-corrected chi connectivity index (χ4v) is 3.36. The molecule has 0 saturated heterocycles. The van der Waals surface area contributed by atoms with Gasteiger partial charge in [0, 0.05) is 27.1 Å². The van der Waals surface area contributed by atoms with Gasteiger partial charge >= 0.3 is 18.3 Å². The number of nitrogens with zero attached hydrogens (tertiary/aromatic N) is 4. The molecule has 0 aliphatic heterocycles. The number of aromatic nitrogens is 6. The Balaban J connectivity index is 0.000000249. The van der Waals surface area contributed by atoms with Gasteiger partial charge < -0.3 is 9.47 Å². The highest BCUT2D eigenvalue weighted by Gasteiger charge is 2.11. The predicted molar refractivity (Wildman–Crippen MR) is 162 cm³/mol. The van der Waals surface area contributed by atoms with Gasteiger partial charge in [-0.25, -0.2) is 14.6 Å². The number of nitrogens with one attached hydrogen (secondary N) is 2. The molecular weight excluding hydrogens is 579 g/mol. The number of benzene rings is 2. The number of hydrogen-bond acceptors (Lipinski definition) is 7. The summed E-state index contributed by atoms with van der Waals surface area (Å²) in [5.74, 6) is 2.25. The Hall–Kier alpha value is -4.46. The lowest BCUT2D eigenvalue weighted by Crippen LogP contribution is -2.27. The number of aryl methyl sites for hydroxylation is 2. The maximum absolute atomic E-state index is 11.4. The van der Waals surface area contributed by atoms with Crippen LogP contribution in [0.15, 0.2) is 55.1 Å². The maximum Gasteiger partial charge on any atom is 0.384 e. The molecule has 0 aliphatic carbocycles. The zero-order valence-corrected chi connectivity index (χ0v) is 25.7. The number of aromatic amines is 2. The topological polar surface area (TPSA) is 127 Å². The Bertz CT molecular complexity index is 1540. The minimum absolute atomic E-state index is 0.112. The largest absolute Gasteiger partial charge is 0.460 e. The van der Waals surface area contributed by atoms with Crippen molar-refractivity contribution in [2.75, 3.05) is 0 Å². The maximum atomic E-state index is 11.4. The predicted octanol–water partition coefficient (Wildman–Crippen LogP) is 5.75. The van der Waals surface area contributed by atoms with E-state index in [-0.39, 0.29) is 12.2 Å². The number of hydrogen-bond donors (Lipinski definition) is 2. The molecule has 2 N–H and O–H groups in total. The van der Waals surface area contributed by atoms with Crippen LogP contribution in [-0.4, -0.2) is 49.4 Å². The van der Waals surface area contributed by atoms with E-state index in [9.17, 15) is 9.59 Å². The average Bonchev–Trinajstić information content (AvgIpc) is 3.64. The van der Waals surface area contributed by atoms with Crippen molar-refractivity contribution in [2.24, 2.45) is 0 Å². The van der Waals surface area contributed by atoms with E-state index >= 15 is 0 Å². The van der Waals surface area contributed by atoms with E-state index in [0.29, 0.717) is 10.8 Å². The molecule has 0 fully saturated rings. The summed E-state index contributed by atoms with van der Waals surface area (Å²) >= 11 is 12.1. The molecule has 2 aromatic carbocycles. The van der Waals surface area contributed by atoms with Gasteiger partial charge in [-0.1, -0.05) is 41.4 Å². The summed E-state index contributed by atoms with van der Waals surface area (Å²) < 4.78 is 11.1. The molecule has 4 aromatic rings. The molecule has 2 aromatic heterocycles. The second kappa shape index (κ2) is 16.7. The monoisotopic (exact) mass is 611 g/mol. The number of halogens is 2. The van der Waals surface area contributed by atoms with Gasteiger partial charge in [0.1, 0.15) is 12.5 Å². The minimum atomic E-state index is -0.597. The molecular formula is C30H33Cl2N6O4+. The van der Waals surface area contributed by atoms with Gasteiger partial charge in [-0.05, 0) is 75.9 Å². The summed E-state index contributed by atoms with van der Waals surface area (Å²) in [5.41, 5.74) is 3.90. The smallest absolute Gasteiger partial charge is 0.384 e. The third-order valence-electron chi connectivity index (χ3n) is 5.04. The van der Waals surface area contributed by atoms with Crippen LogP contribution < -0.4 is 4.68 Å². The molecule has 2 heterocycles. The lowest BCUT2D eigenvalue weighted by atomic mass is 10.1. The van der Waals surface area contributed by atoms with E-state index in [1.165, 1.54) is 12.4 Å². The second-order valence-corrected chi connectivity index (χ2v) is 10.1. The molecule has 0 amide bonds. The molecule has 220 valence electrons. The summed E-state index contributed by atoms with van der Waals surface area (Å²) in [6, 6.07) is 11.5. The Kier molecular flexibility index (Phi) is 13.4. The Morgan fingerprint density at radius 3 is 1.95 bits per heavy atom. The number of ether oxygens (including phenoxy) is 2. The number of H-pyrrole nitrogens is 2. The fourth-order valence-electron chi connectivity index (χ4n) is 3.00. The number of rotatable bonds is 6. The first kappa shape index (κ1) is 33.7. The highest BCUT2D eigenvalue weighted by molar-refractivity contribution is 6.31. The first-order valence-electron chi connectivity index (χ1n) is 12.8. The second-order valence-electron chi connectivity index (χ2n) is 9.27. The number of esters is 2. The van der Waals surface area contributed by atoms with E-state index in [0.717, 1.165) is 33.1 Å². The van der Waals surface area contributed by atoms with Gasteiger partial charge in [0.15, 0.2) is 5.82 Å². The van der Waals surface area contributed by atoms with Crippen LogP contribution in [-0.2, 0) is 19.1 Å². The van der Waals surface area contributed by atoms with Crippen molar-refractivity contribution >= 4 is 41.3 Å². The average molecular weight is 613 g/mol. The lowest BCUT2D eigenvalue weighted by Gasteiger charge is -2.02. The molecule has 10 nitrogen and oxygen atoms in total. The third kappa shape index (κ3) is 11.6. The van der Waals surface area contributed by atoms with Crippen LogP contribution in [0.3, 0.4) is 0 Å². The van der Waals surface area contributed by atoms with Crippen LogP contribution in [0.1, 0.15) is 38.8 Å². The summed E-state index contributed by atoms with van der Waals surface area (Å²) in [4.78, 5) is 29.8. The number of terminal acetylenes is 1. The first-order valence-corrected chi connectivity index (χ1v) is 13.6. The van der Waals surface area contributed by atoms with Crippen LogP contribution in [0.5, 0.6) is 0 Å². The van der Waals surface area contributed by atoms with Gasteiger partial charge in [0.2, 0.25) is 0 Å². The van der Waals surface area contributed by atoms with Crippen molar-refractivity contribution < 1.29 is 23.7 Å². The van der Waals surface area contributed by atoms with E-state index in [1.54, 1.807) is 44.9 Å². The van der Waals surface area contributed by atoms with Crippen molar-refractivity contribution in [3.05, 3.63) is 76.3 Å². The number of carbonyl (C=O) groups is 2.